The average Bonchev–Trinajstić information content (AvgIpc) is 2.25. The lowest BCUT2D eigenvalue weighted by Gasteiger charge is -2.41. The van der Waals surface area contributed by atoms with E-state index in [0.29, 0.717) is 17.9 Å². The van der Waals surface area contributed by atoms with Gasteiger partial charge in [0.05, 0.1) is 0 Å². The number of carbonyl (C=O) groups excluding carboxylic acids is 1. The van der Waals surface area contributed by atoms with Crippen molar-refractivity contribution >= 4 is 5.78 Å². The van der Waals surface area contributed by atoms with Gasteiger partial charge in [0, 0.05) is 31.0 Å². The van der Waals surface area contributed by atoms with Crippen LogP contribution in [0.2, 0.25) is 0 Å². The van der Waals surface area contributed by atoms with Crippen molar-refractivity contribution in [3.05, 3.63) is 0 Å². The summed E-state index contributed by atoms with van der Waals surface area (Å²) in [6.07, 6.45) is 3.25. The van der Waals surface area contributed by atoms with Crippen LogP contribution in [0.4, 0.5) is 0 Å². The first-order valence-corrected chi connectivity index (χ1v) is 6.75. The fourth-order valence-corrected chi connectivity index (χ4v) is 2.73. The van der Waals surface area contributed by atoms with E-state index in [4.69, 9.17) is 0 Å². The third kappa shape index (κ3) is 3.07. The number of nitrogens with zero attached hydrogens (tertiary/aromatic N) is 1. The Morgan fingerprint density at radius 1 is 1.38 bits per heavy atom. The van der Waals surface area contributed by atoms with Crippen LogP contribution in [0.25, 0.3) is 0 Å². The number of rotatable bonds is 4. The van der Waals surface area contributed by atoms with Crippen LogP contribution in [-0.4, -0.2) is 29.3 Å². The number of Topliss-reactive ketones (excluding diaryl/α,β-unsaturated/α-hetero) is 1. The largest absolute Gasteiger partial charge is 0.299 e. The van der Waals surface area contributed by atoms with Gasteiger partial charge < -0.3 is 0 Å². The maximum absolute atomic E-state index is 11.6. The van der Waals surface area contributed by atoms with E-state index in [1.165, 1.54) is 12.8 Å². The number of hydrogen-bond donors (Lipinski definition) is 0. The van der Waals surface area contributed by atoms with Gasteiger partial charge in [-0.25, -0.2) is 0 Å². The predicted molar refractivity (Wildman–Crippen MR) is 68.5 cm³/mol. The molecule has 16 heavy (non-hydrogen) atoms. The van der Waals surface area contributed by atoms with Gasteiger partial charge in [0.2, 0.25) is 0 Å². The smallest absolute Gasteiger partial charge is 0.138 e. The average molecular weight is 225 g/mol. The Bertz CT molecular complexity index is 239. The number of ketones is 1. The molecule has 0 spiro atoms. The number of carbonyl (C=O) groups is 1. The summed E-state index contributed by atoms with van der Waals surface area (Å²) in [5, 5.41) is 0. The van der Waals surface area contributed by atoms with Crippen molar-refractivity contribution in [2.24, 2.45) is 11.8 Å². The molecular formula is C14H27NO. The molecule has 4 atom stereocenters. The van der Waals surface area contributed by atoms with E-state index in [1.54, 1.807) is 0 Å². The number of piperidine rings is 1. The molecule has 1 rings (SSSR count). The Morgan fingerprint density at radius 2 is 2.00 bits per heavy atom. The molecule has 0 amide bonds. The van der Waals surface area contributed by atoms with Crippen LogP contribution in [0.15, 0.2) is 0 Å². The first kappa shape index (κ1) is 13.7. The highest BCUT2D eigenvalue weighted by Gasteiger charge is 2.33. The zero-order valence-corrected chi connectivity index (χ0v) is 11.5. The third-order valence-electron chi connectivity index (χ3n) is 4.38. The summed E-state index contributed by atoms with van der Waals surface area (Å²) in [6.45, 7) is 12.1. The van der Waals surface area contributed by atoms with E-state index in [2.05, 4.69) is 39.5 Å². The van der Waals surface area contributed by atoms with Crippen molar-refractivity contribution in [3.63, 3.8) is 0 Å². The monoisotopic (exact) mass is 225 g/mol. The summed E-state index contributed by atoms with van der Waals surface area (Å²) in [4.78, 5) is 14.2. The van der Waals surface area contributed by atoms with Gasteiger partial charge in [-0.2, -0.15) is 0 Å². The molecule has 1 aliphatic heterocycles. The van der Waals surface area contributed by atoms with Gasteiger partial charge in [-0.05, 0) is 26.2 Å². The maximum Gasteiger partial charge on any atom is 0.138 e. The standard InChI is InChI=1S/C14H27NO/c1-6-10(2)9-11(3)15-8-7-14(16)12(4)13(15)5/h10-13H,6-9H2,1-5H3. The van der Waals surface area contributed by atoms with Crippen molar-refractivity contribution in [2.75, 3.05) is 6.54 Å². The predicted octanol–water partition coefficient (Wildman–Crippen LogP) is 3.11. The second-order valence-electron chi connectivity index (χ2n) is 5.58. The van der Waals surface area contributed by atoms with Crippen LogP contribution < -0.4 is 0 Å². The van der Waals surface area contributed by atoms with Gasteiger partial charge in [0.15, 0.2) is 0 Å². The number of hydrogen-bond acceptors (Lipinski definition) is 2. The molecule has 0 aromatic heterocycles. The van der Waals surface area contributed by atoms with Gasteiger partial charge in [-0.15, -0.1) is 0 Å². The summed E-state index contributed by atoms with van der Waals surface area (Å²) in [5.74, 6) is 1.45. The van der Waals surface area contributed by atoms with Gasteiger partial charge in [-0.1, -0.05) is 27.2 Å². The van der Waals surface area contributed by atoms with Crippen LogP contribution in [0, 0.1) is 11.8 Å². The van der Waals surface area contributed by atoms with Crippen LogP contribution in [0.3, 0.4) is 0 Å². The molecular weight excluding hydrogens is 198 g/mol. The molecule has 1 aliphatic rings. The molecule has 94 valence electrons. The van der Waals surface area contributed by atoms with E-state index in [0.717, 1.165) is 18.9 Å². The maximum atomic E-state index is 11.6. The van der Waals surface area contributed by atoms with E-state index in [9.17, 15) is 4.79 Å². The Labute approximate surface area is 100 Å². The third-order valence-corrected chi connectivity index (χ3v) is 4.38. The first-order chi connectivity index (χ1) is 7.47. The molecule has 0 aromatic carbocycles. The molecule has 0 bridgehead atoms. The lowest BCUT2D eigenvalue weighted by molar-refractivity contribution is -0.128. The molecule has 1 fully saturated rings. The second kappa shape index (κ2) is 5.81. The van der Waals surface area contributed by atoms with E-state index < -0.39 is 0 Å². The molecule has 0 aliphatic carbocycles. The van der Waals surface area contributed by atoms with Gasteiger partial charge in [0.1, 0.15) is 5.78 Å². The summed E-state index contributed by atoms with van der Waals surface area (Å²) in [5.41, 5.74) is 0. The molecule has 0 N–H and O–H groups in total. The molecule has 1 saturated heterocycles. The van der Waals surface area contributed by atoms with Crippen LogP contribution in [0.5, 0.6) is 0 Å². The molecule has 2 heteroatoms. The highest BCUT2D eigenvalue weighted by Crippen LogP contribution is 2.25. The topological polar surface area (TPSA) is 20.3 Å². The zero-order valence-electron chi connectivity index (χ0n) is 11.5. The lowest BCUT2D eigenvalue weighted by Crippen LogP contribution is -2.51. The summed E-state index contributed by atoms with van der Waals surface area (Å²) >= 11 is 0. The molecule has 1 heterocycles. The Hall–Kier alpha value is -0.370. The van der Waals surface area contributed by atoms with Gasteiger partial charge >= 0.3 is 0 Å². The Balaban J connectivity index is 2.56. The van der Waals surface area contributed by atoms with E-state index in [-0.39, 0.29) is 5.92 Å². The Morgan fingerprint density at radius 3 is 2.56 bits per heavy atom. The van der Waals surface area contributed by atoms with Crippen molar-refractivity contribution in [1.82, 2.24) is 4.90 Å². The minimum Gasteiger partial charge on any atom is -0.299 e. The minimum atomic E-state index is 0.216. The van der Waals surface area contributed by atoms with Gasteiger partial charge in [-0.3, -0.25) is 9.69 Å². The summed E-state index contributed by atoms with van der Waals surface area (Å²) in [7, 11) is 0. The summed E-state index contributed by atoms with van der Waals surface area (Å²) in [6, 6.07) is 1.03. The van der Waals surface area contributed by atoms with Crippen molar-refractivity contribution in [2.45, 2.75) is 66.0 Å². The zero-order chi connectivity index (χ0) is 12.3. The molecule has 0 radical (unpaired) electrons. The highest BCUT2D eigenvalue weighted by molar-refractivity contribution is 5.82. The summed E-state index contributed by atoms with van der Waals surface area (Å²) < 4.78 is 0. The fraction of sp³-hybridized carbons (Fsp3) is 0.929. The van der Waals surface area contributed by atoms with E-state index >= 15 is 0 Å². The molecule has 0 saturated carbocycles. The highest BCUT2D eigenvalue weighted by atomic mass is 16.1. The van der Waals surface area contributed by atoms with Crippen molar-refractivity contribution in [1.29, 1.82) is 0 Å². The normalized spacial score (nSPS) is 31.4. The Kier molecular flexibility index (Phi) is 4.97. The van der Waals surface area contributed by atoms with Crippen molar-refractivity contribution < 1.29 is 4.79 Å². The van der Waals surface area contributed by atoms with Crippen molar-refractivity contribution in [3.8, 4) is 0 Å². The molecule has 4 unspecified atom stereocenters. The SMILES string of the molecule is CCC(C)CC(C)N1CCC(=O)C(C)C1C. The molecule has 2 nitrogen and oxygen atoms in total. The second-order valence-corrected chi connectivity index (χ2v) is 5.58. The first-order valence-electron chi connectivity index (χ1n) is 6.75. The quantitative estimate of drug-likeness (QED) is 0.732. The number of likely N-dealkylation sites (tertiary alicyclic amines) is 1. The molecule has 0 aromatic rings. The van der Waals surface area contributed by atoms with Crippen LogP contribution >= 0.6 is 0 Å². The lowest BCUT2D eigenvalue weighted by atomic mass is 9.88. The fourth-order valence-electron chi connectivity index (χ4n) is 2.73. The van der Waals surface area contributed by atoms with E-state index in [1.807, 2.05) is 0 Å². The minimum absolute atomic E-state index is 0.216. The van der Waals surface area contributed by atoms with Gasteiger partial charge in [0.25, 0.3) is 0 Å². The van der Waals surface area contributed by atoms with Crippen LogP contribution in [0.1, 0.15) is 53.9 Å². The van der Waals surface area contributed by atoms with Crippen LogP contribution in [-0.2, 0) is 4.79 Å².